The van der Waals surface area contributed by atoms with Crippen LogP contribution in [0.5, 0.6) is 0 Å². The number of hydrogen-bond donors (Lipinski definition) is 0. The van der Waals surface area contributed by atoms with Crippen molar-refractivity contribution >= 4 is 49.3 Å². The molecule has 0 amide bonds. The van der Waals surface area contributed by atoms with E-state index in [1.807, 2.05) is 0 Å². The maximum atomic E-state index is 5.13. The fourth-order valence-electron chi connectivity index (χ4n) is 4.47. The number of nitrogens with zero attached hydrogens (tertiary/aromatic N) is 4. The van der Waals surface area contributed by atoms with Crippen LogP contribution in [0.15, 0.2) is 5.16 Å². The van der Waals surface area contributed by atoms with Gasteiger partial charge in [0.25, 0.3) is 0 Å². The Labute approximate surface area is 162 Å². The molecule has 1 aliphatic heterocycles. The van der Waals surface area contributed by atoms with E-state index < -0.39 is 0 Å². The molecule has 6 heteroatoms. The molecule has 3 aromatic heterocycles. The Morgan fingerprint density at radius 2 is 1.77 bits per heavy atom. The summed E-state index contributed by atoms with van der Waals surface area (Å²) in [6.45, 7) is 6.75. The van der Waals surface area contributed by atoms with Crippen LogP contribution < -0.4 is 4.90 Å². The summed E-state index contributed by atoms with van der Waals surface area (Å²) in [5.74, 6) is 1.61. The highest BCUT2D eigenvalue weighted by molar-refractivity contribution is 7.98. The molecule has 1 aliphatic carbocycles. The molecule has 0 spiro atoms. The second-order valence-corrected chi connectivity index (χ2v) is 9.42. The van der Waals surface area contributed by atoms with Crippen molar-refractivity contribution in [2.45, 2.75) is 57.0 Å². The highest BCUT2D eigenvalue weighted by Gasteiger charge is 2.27. The number of pyridine rings is 1. The second-order valence-electron chi connectivity index (χ2n) is 7.65. The van der Waals surface area contributed by atoms with E-state index >= 15 is 0 Å². The molecule has 0 saturated carbocycles. The van der Waals surface area contributed by atoms with Crippen LogP contribution in [0.3, 0.4) is 0 Å². The molecule has 0 N–H and O–H groups in total. The van der Waals surface area contributed by atoms with Gasteiger partial charge in [0.05, 0.1) is 10.2 Å². The molecule has 0 unspecified atom stereocenters. The van der Waals surface area contributed by atoms with Crippen molar-refractivity contribution in [3.8, 4) is 0 Å². The predicted molar refractivity (Wildman–Crippen MR) is 112 cm³/mol. The summed E-state index contributed by atoms with van der Waals surface area (Å²) in [4.78, 5) is 18.6. The van der Waals surface area contributed by atoms with Crippen molar-refractivity contribution in [3.05, 3.63) is 16.8 Å². The van der Waals surface area contributed by atoms with E-state index in [4.69, 9.17) is 15.0 Å². The Hall–Kier alpha value is -1.40. The Kier molecular flexibility index (Phi) is 4.09. The van der Waals surface area contributed by atoms with E-state index in [1.165, 1.54) is 52.6 Å². The monoisotopic (exact) mass is 384 g/mol. The van der Waals surface area contributed by atoms with Crippen LogP contribution in [-0.2, 0) is 12.8 Å². The third-order valence-corrected chi connectivity index (χ3v) is 7.28. The van der Waals surface area contributed by atoms with E-state index in [0.717, 1.165) is 40.8 Å². The number of thiophene rings is 1. The Bertz CT molecular complexity index is 1000. The smallest absolute Gasteiger partial charge is 0.189 e. The van der Waals surface area contributed by atoms with Gasteiger partial charge in [-0.05, 0) is 55.4 Å². The van der Waals surface area contributed by atoms with Crippen molar-refractivity contribution in [1.82, 2.24) is 15.0 Å². The number of fused-ring (bicyclic) bond motifs is 5. The third kappa shape index (κ3) is 2.45. The lowest BCUT2D eigenvalue weighted by molar-refractivity contribution is 0.805. The average molecular weight is 385 g/mol. The third-order valence-electron chi connectivity index (χ3n) is 5.66. The van der Waals surface area contributed by atoms with Gasteiger partial charge in [0.1, 0.15) is 4.83 Å². The van der Waals surface area contributed by atoms with E-state index in [-0.39, 0.29) is 0 Å². The van der Waals surface area contributed by atoms with Crippen LogP contribution in [0.2, 0.25) is 0 Å². The predicted octanol–water partition coefficient (Wildman–Crippen LogP) is 5.17. The van der Waals surface area contributed by atoms with Crippen LogP contribution >= 0.6 is 23.1 Å². The first-order valence-corrected chi connectivity index (χ1v) is 11.7. The van der Waals surface area contributed by atoms with E-state index in [1.54, 1.807) is 23.1 Å². The number of aryl methyl sites for hydroxylation is 1. The van der Waals surface area contributed by atoms with E-state index in [9.17, 15) is 0 Å². The second kappa shape index (κ2) is 6.34. The summed E-state index contributed by atoms with van der Waals surface area (Å²) in [5, 5.41) is 2.21. The van der Waals surface area contributed by atoms with Gasteiger partial charge >= 0.3 is 0 Å². The first-order valence-electron chi connectivity index (χ1n) is 9.62. The maximum Gasteiger partial charge on any atom is 0.189 e. The van der Waals surface area contributed by atoms with Gasteiger partial charge in [-0.3, -0.25) is 0 Å². The Morgan fingerprint density at radius 1 is 1.00 bits per heavy atom. The first-order chi connectivity index (χ1) is 12.7. The molecule has 26 heavy (non-hydrogen) atoms. The van der Waals surface area contributed by atoms with Crippen molar-refractivity contribution in [2.75, 3.05) is 24.2 Å². The SMILES string of the molecule is CSc1nc(N2CCCC2)c2sc3nc(C(C)C)c4c(c3c2n1)CCC4. The molecule has 0 bridgehead atoms. The topological polar surface area (TPSA) is 41.9 Å². The normalized spacial score (nSPS) is 17.2. The molecule has 4 heterocycles. The van der Waals surface area contributed by atoms with E-state index in [2.05, 4.69) is 25.0 Å². The van der Waals surface area contributed by atoms with Gasteiger partial charge in [0.2, 0.25) is 0 Å². The molecule has 3 aromatic rings. The fraction of sp³-hybridized carbons (Fsp3) is 0.550. The lowest BCUT2D eigenvalue weighted by Gasteiger charge is -2.17. The molecule has 1 fully saturated rings. The van der Waals surface area contributed by atoms with Crippen molar-refractivity contribution in [3.63, 3.8) is 0 Å². The van der Waals surface area contributed by atoms with Crippen LogP contribution in [0.4, 0.5) is 5.82 Å². The lowest BCUT2D eigenvalue weighted by atomic mass is 9.99. The number of thioether (sulfide) groups is 1. The molecule has 4 nitrogen and oxygen atoms in total. The van der Waals surface area contributed by atoms with Crippen molar-refractivity contribution < 1.29 is 0 Å². The Morgan fingerprint density at radius 3 is 2.50 bits per heavy atom. The number of aromatic nitrogens is 3. The van der Waals surface area contributed by atoms with Crippen LogP contribution in [0.25, 0.3) is 20.4 Å². The quantitative estimate of drug-likeness (QED) is 0.460. The maximum absolute atomic E-state index is 5.13. The summed E-state index contributed by atoms with van der Waals surface area (Å²) in [6, 6.07) is 0. The highest BCUT2D eigenvalue weighted by Crippen LogP contribution is 2.44. The van der Waals surface area contributed by atoms with Gasteiger partial charge in [-0.2, -0.15) is 0 Å². The summed E-state index contributed by atoms with van der Waals surface area (Å²) >= 11 is 3.45. The molecule has 5 rings (SSSR count). The van der Waals surface area contributed by atoms with Gasteiger partial charge in [-0.15, -0.1) is 11.3 Å². The number of anilines is 1. The largest absolute Gasteiger partial charge is 0.355 e. The standard InChI is InChI=1S/C20H24N4S2/c1-11(2)15-13-8-6-7-12(13)14-16-17(26-19(14)21-15)18(23-20(22-16)25-3)24-9-4-5-10-24/h11H,4-10H2,1-3H3. The zero-order valence-corrected chi connectivity index (χ0v) is 17.3. The van der Waals surface area contributed by atoms with Crippen LogP contribution in [-0.4, -0.2) is 34.3 Å². The zero-order chi connectivity index (χ0) is 17.8. The summed E-state index contributed by atoms with van der Waals surface area (Å²) in [5.41, 5.74) is 5.46. The minimum absolute atomic E-state index is 0.474. The zero-order valence-electron chi connectivity index (χ0n) is 15.6. The molecular weight excluding hydrogens is 360 g/mol. The summed E-state index contributed by atoms with van der Waals surface area (Å²) < 4.78 is 1.24. The lowest BCUT2D eigenvalue weighted by Crippen LogP contribution is -2.19. The van der Waals surface area contributed by atoms with E-state index in [0.29, 0.717) is 5.92 Å². The average Bonchev–Trinajstić information content (AvgIpc) is 3.37. The number of rotatable bonds is 3. The Balaban J connectivity index is 1.86. The van der Waals surface area contributed by atoms with Gasteiger partial charge in [-0.25, -0.2) is 15.0 Å². The fourth-order valence-corrected chi connectivity index (χ4v) is 6.00. The molecule has 1 saturated heterocycles. The molecule has 0 aromatic carbocycles. The first kappa shape index (κ1) is 16.8. The highest BCUT2D eigenvalue weighted by atomic mass is 32.2. The van der Waals surface area contributed by atoms with Crippen molar-refractivity contribution in [1.29, 1.82) is 0 Å². The van der Waals surface area contributed by atoms with Crippen LogP contribution in [0.1, 0.15) is 55.8 Å². The summed E-state index contributed by atoms with van der Waals surface area (Å²) in [6.07, 6.45) is 8.17. The summed E-state index contributed by atoms with van der Waals surface area (Å²) in [7, 11) is 0. The van der Waals surface area contributed by atoms with Gasteiger partial charge in [0.15, 0.2) is 11.0 Å². The molecular formula is C20H24N4S2. The number of hydrogen-bond acceptors (Lipinski definition) is 6. The molecule has 0 radical (unpaired) electrons. The molecule has 136 valence electrons. The molecule has 2 aliphatic rings. The van der Waals surface area contributed by atoms with Crippen molar-refractivity contribution in [2.24, 2.45) is 0 Å². The molecule has 0 atom stereocenters. The minimum Gasteiger partial charge on any atom is -0.355 e. The van der Waals surface area contributed by atoms with Crippen LogP contribution in [0, 0.1) is 0 Å². The van der Waals surface area contributed by atoms with Gasteiger partial charge in [0, 0.05) is 24.2 Å². The van der Waals surface area contributed by atoms with Gasteiger partial charge < -0.3 is 4.90 Å². The minimum atomic E-state index is 0.474. The van der Waals surface area contributed by atoms with Gasteiger partial charge in [-0.1, -0.05) is 25.6 Å².